The third kappa shape index (κ3) is 5.53. The van der Waals surface area contributed by atoms with Gasteiger partial charge in [0, 0.05) is 36.9 Å². The topological polar surface area (TPSA) is 110 Å². The van der Waals surface area contributed by atoms with E-state index in [9.17, 15) is 4.79 Å². The van der Waals surface area contributed by atoms with E-state index in [1.54, 1.807) is 0 Å². The number of nitrogens with zero attached hydrogens (tertiary/aromatic N) is 4. The van der Waals surface area contributed by atoms with Gasteiger partial charge < -0.3 is 16.4 Å². The predicted molar refractivity (Wildman–Crippen MR) is 111 cm³/mol. The van der Waals surface area contributed by atoms with Crippen molar-refractivity contribution in [3.05, 3.63) is 34.3 Å². The summed E-state index contributed by atoms with van der Waals surface area (Å²) in [4.78, 5) is 26.4. The van der Waals surface area contributed by atoms with Crippen molar-refractivity contribution in [3.63, 3.8) is 0 Å². The highest BCUT2D eigenvalue weighted by Crippen LogP contribution is 2.41. The quantitative estimate of drug-likeness (QED) is 0.520. The minimum absolute atomic E-state index is 0.0964. The van der Waals surface area contributed by atoms with Crippen LogP contribution < -0.4 is 16.4 Å². The van der Waals surface area contributed by atoms with E-state index in [-0.39, 0.29) is 23.4 Å². The Morgan fingerprint density at radius 2 is 2.15 bits per heavy atom. The second-order valence-corrected chi connectivity index (χ2v) is 6.97. The predicted octanol–water partition coefficient (Wildman–Crippen LogP) is 3.56. The second-order valence-electron chi connectivity index (χ2n) is 6.61. The van der Waals surface area contributed by atoms with Crippen LogP contribution in [0.5, 0.6) is 0 Å². The van der Waals surface area contributed by atoms with E-state index in [0.29, 0.717) is 17.9 Å². The van der Waals surface area contributed by atoms with Crippen molar-refractivity contribution in [2.45, 2.75) is 52.4 Å². The molecule has 1 aromatic rings. The Kier molecular flexibility index (Phi) is 7.36. The number of anilines is 2. The molecule has 2 heterocycles. The molecule has 0 fully saturated rings. The van der Waals surface area contributed by atoms with Gasteiger partial charge in [-0.25, -0.2) is 4.98 Å². The molecular formula is C19H27ClN6O. The molecule has 8 heteroatoms. The lowest BCUT2D eigenvalue weighted by atomic mass is 10.0. The Morgan fingerprint density at radius 1 is 1.41 bits per heavy atom. The molecule has 1 aromatic heterocycles. The normalized spacial score (nSPS) is 17.6. The largest absolute Gasteiger partial charge is 0.370 e. The number of aliphatic imine (C=N–C) groups is 1. The SMILES string of the molecule is CC/C=C(C)/C=N/C(=C\N1CC(CC(N)=O)c2c(Cl)nc(N)nc21)CCC. The van der Waals surface area contributed by atoms with Gasteiger partial charge in [0.1, 0.15) is 11.0 Å². The molecule has 0 aliphatic carbocycles. The van der Waals surface area contributed by atoms with Crippen LogP contribution in [0.25, 0.3) is 0 Å². The monoisotopic (exact) mass is 390 g/mol. The summed E-state index contributed by atoms with van der Waals surface area (Å²) in [5, 5.41) is 0.266. The molecule has 1 aliphatic heterocycles. The maximum absolute atomic E-state index is 11.5. The van der Waals surface area contributed by atoms with Gasteiger partial charge in [0.15, 0.2) is 0 Å². The van der Waals surface area contributed by atoms with E-state index < -0.39 is 5.91 Å². The average Bonchev–Trinajstić information content (AvgIpc) is 2.90. The zero-order chi connectivity index (χ0) is 20.0. The van der Waals surface area contributed by atoms with E-state index in [2.05, 4.69) is 34.9 Å². The molecule has 1 aliphatic rings. The van der Waals surface area contributed by atoms with Crippen molar-refractivity contribution in [1.29, 1.82) is 0 Å². The number of carbonyl (C=O) groups is 1. The number of primary amides is 1. The first kappa shape index (κ1) is 20.9. The van der Waals surface area contributed by atoms with E-state index in [1.165, 1.54) is 0 Å². The standard InChI is InChI=1S/C19H27ClN6O/c1-4-6-12(3)9-23-14(7-5-2)11-26-10-13(8-15(21)27)16-17(20)24-19(22)25-18(16)26/h6,9,11,13H,4-5,7-8,10H2,1-3H3,(H2,21,27)(H2,22,24,25)/b12-6+,14-11-,23-9+. The Morgan fingerprint density at radius 3 is 2.78 bits per heavy atom. The number of allylic oxidation sites excluding steroid dienone is 3. The van der Waals surface area contributed by atoms with Gasteiger partial charge in [-0.3, -0.25) is 9.79 Å². The molecule has 1 unspecified atom stereocenters. The number of carbonyl (C=O) groups excluding carboxylic acids is 1. The van der Waals surface area contributed by atoms with Gasteiger partial charge in [-0.1, -0.05) is 37.9 Å². The first-order valence-corrected chi connectivity index (χ1v) is 9.52. The summed E-state index contributed by atoms with van der Waals surface area (Å²) in [5.41, 5.74) is 13.9. The van der Waals surface area contributed by atoms with E-state index in [0.717, 1.165) is 30.5 Å². The lowest BCUT2D eigenvalue weighted by Crippen LogP contribution is -2.20. The van der Waals surface area contributed by atoms with Crippen LogP contribution in [0.2, 0.25) is 5.15 Å². The third-order valence-corrected chi connectivity index (χ3v) is 4.50. The fourth-order valence-electron chi connectivity index (χ4n) is 3.11. The van der Waals surface area contributed by atoms with E-state index in [1.807, 2.05) is 24.2 Å². The molecule has 0 radical (unpaired) electrons. The van der Waals surface area contributed by atoms with Crippen LogP contribution in [0, 0.1) is 0 Å². The number of fused-ring (bicyclic) bond motifs is 1. The highest BCUT2D eigenvalue weighted by molar-refractivity contribution is 6.30. The van der Waals surface area contributed by atoms with Gasteiger partial charge in [-0.2, -0.15) is 4.98 Å². The van der Waals surface area contributed by atoms with Crippen LogP contribution in [0.4, 0.5) is 11.8 Å². The molecule has 1 atom stereocenters. The number of nitrogen functional groups attached to an aromatic ring is 1. The third-order valence-electron chi connectivity index (χ3n) is 4.21. The molecule has 0 aromatic carbocycles. The van der Waals surface area contributed by atoms with Crippen molar-refractivity contribution < 1.29 is 4.79 Å². The Labute approximate surface area is 165 Å². The maximum atomic E-state index is 11.5. The maximum Gasteiger partial charge on any atom is 0.223 e. The average molecular weight is 391 g/mol. The summed E-state index contributed by atoms with van der Waals surface area (Å²) < 4.78 is 0. The minimum atomic E-state index is -0.392. The second kappa shape index (κ2) is 9.50. The van der Waals surface area contributed by atoms with Gasteiger partial charge in [0.05, 0.1) is 5.70 Å². The lowest BCUT2D eigenvalue weighted by molar-refractivity contribution is -0.118. The van der Waals surface area contributed by atoms with Crippen molar-refractivity contribution in [1.82, 2.24) is 9.97 Å². The van der Waals surface area contributed by atoms with Crippen molar-refractivity contribution in [2.75, 3.05) is 17.2 Å². The molecular weight excluding hydrogens is 364 g/mol. The van der Waals surface area contributed by atoms with Crippen molar-refractivity contribution in [3.8, 4) is 0 Å². The summed E-state index contributed by atoms with van der Waals surface area (Å²) in [7, 11) is 0. The Hall–Kier alpha value is -2.41. The summed E-state index contributed by atoms with van der Waals surface area (Å²) in [5.74, 6) is 0.148. The van der Waals surface area contributed by atoms with Crippen molar-refractivity contribution >= 4 is 35.5 Å². The zero-order valence-electron chi connectivity index (χ0n) is 16.1. The van der Waals surface area contributed by atoms with Gasteiger partial charge in [0.25, 0.3) is 0 Å². The lowest BCUT2D eigenvalue weighted by Gasteiger charge is -2.15. The number of rotatable bonds is 8. The fraction of sp³-hybridized carbons (Fsp3) is 0.474. The zero-order valence-corrected chi connectivity index (χ0v) is 16.8. The summed E-state index contributed by atoms with van der Waals surface area (Å²) >= 11 is 6.29. The molecule has 0 saturated heterocycles. The smallest absolute Gasteiger partial charge is 0.223 e. The van der Waals surface area contributed by atoms with E-state index >= 15 is 0 Å². The number of halogens is 1. The number of amides is 1. The molecule has 7 nitrogen and oxygen atoms in total. The summed E-state index contributed by atoms with van der Waals surface area (Å²) in [6.07, 6.45) is 8.85. The van der Waals surface area contributed by atoms with Crippen LogP contribution in [-0.2, 0) is 4.79 Å². The Bertz CT molecular complexity index is 787. The number of aromatic nitrogens is 2. The minimum Gasteiger partial charge on any atom is -0.370 e. The molecule has 0 saturated carbocycles. The van der Waals surface area contributed by atoms with Crippen LogP contribution in [-0.4, -0.2) is 28.6 Å². The highest BCUT2D eigenvalue weighted by Gasteiger charge is 2.33. The summed E-state index contributed by atoms with van der Waals surface area (Å²) in [6.45, 7) is 6.75. The van der Waals surface area contributed by atoms with Crippen LogP contribution in [0.15, 0.2) is 28.5 Å². The van der Waals surface area contributed by atoms with Crippen molar-refractivity contribution in [2.24, 2.45) is 10.7 Å². The highest BCUT2D eigenvalue weighted by atomic mass is 35.5. The Balaban J connectivity index is 2.40. The molecule has 1 amide bonds. The van der Waals surface area contributed by atoms with E-state index in [4.69, 9.17) is 23.1 Å². The number of nitrogens with two attached hydrogens (primary N) is 2. The molecule has 146 valence electrons. The van der Waals surface area contributed by atoms with Crippen LogP contribution >= 0.6 is 11.6 Å². The van der Waals surface area contributed by atoms with Gasteiger partial charge >= 0.3 is 0 Å². The first-order chi connectivity index (χ1) is 12.8. The fourth-order valence-corrected chi connectivity index (χ4v) is 3.44. The number of hydrogen-bond acceptors (Lipinski definition) is 6. The number of hydrogen-bond donors (Lipinski definition) is 2. The van der Waals surface area contributed by atoms with Gasteiger partial charge in [-0.05, 0) is 25.3 Å². The van der Waals surface area contributed by atoms with Gasteiger partial charge in [-0.15, -0.1) is 0 Å². The molecule has 0 spiro atoms. The van der Waals surface area contributed by atoms with Crippen LogP contribution in [0.3, 0.4) is 0 Å². The molecule has 4 N–H and O–H groups in total. The molecule has 0 bridgehead atoms. The van der Waals surface area contributed by atoms with Gasteiger partial charge in [0.2, 0.25) is 11.9 Å². The first-order valence-electron chi connectivity index (χ1n) is 9.15. The molecule has 27 heavy (non-hydrogen) atoms. The molecule has 2 rings (SSSR count). The van der Waals surface area contributed by atoms with Crippen LogP contribution in [0.1, 0.15) is 57.9 Å². The summed E-state index contributed by atoms with van der Waals surface area (Å²) in [6, 6.07) is 0.